The van der Waals surface area contributed by atoms with Crippen LogP contribution < -0.4 is 0 Å². The van der Waals surface area contributed by atoms with Gasteiger partial charge in [0.05, 0.1) is 24.4 Å². The van der Waals surface area contributed by atoms with Crippen LogP contribution in [0.15, 0.2) is 11.6 Å². The zero-order valence-corrected chi connectivity index (χ0v) is 27.5. The van der Waals surface area contributed by atoms with Crippen LogP contribution in [-0.4, -0.2) is 92.5 Å². The Hall–Kier alpha value is -0.620. The van der Waals surface area contributed by atoms with Gasteiger partial charge < -0.3 is 44.5 Å². The number of hydrogen-bond donors (Lipinski definition) is 5. The number of aliphatic hydroxyl groups excluding tert-OH is 4. The second-order valence-electron chi connectivity index (χ2n) is 17.8. The molecule has 0 aromatic rings. The van der Waals surface area contributed by atoms with Crippen molar-refractivity contribution in [3.63, 3.8) is 0 Å². The first kappa shape index (κ1) is 30.7. The fourth-order valence-corrected chi connectivity index (χ4v) is 13.1. The molecule has 4 saturated carbocycles. The summed E-state index contributed by atoms with van der Waals surface area (Å²) in [6.45, 7) is 15.0. The summed E-state index contributed by atoms with van der Waals surface area (Å²) in [7, 11) is 0. The van der Waals surface area contributed by atoms with Crippen LogP contribution >= 0.6 is 0 Å². The van der Waals surface area contributed by atoms with E-state index in [4.69, 9.17) is 18.9 Å². The van der Waals surface area contributed by atoms with E-state index < -0.39 is 53.6 Å². The van der Waals surface area contributed by atoms with Gasteiger partial charge in [-0.3, -0.25) is 0 Å². The van der Waals surface area contributed by atoms with Gasteiger partial charge in [-0.05, 0) is 92.3 Å². The molecule has 0 aromatic heterocycles. The van der Waals surface area contributed by atoms with E-state index in [2.05, 4.69) is 40.7 Å². The third-order valence-corrected chi connectivity index (χ3v) is 15.2. The van der Waals surface area contributed by atoms with Crippen LogP contribution in [-0.2, 0) is 18.9 Å². The normalized spacial score (nSPS) is 60.4. The molecule has 3 spiro atoms. The minimum atomic E-state index is -1.30. The zero-order valence-electron chi connectivity index (χ0n) is 27.5. The van der Waals surface area contributed by atoms with Crippen LogP contribution in [0.2, 0.25) is 0 Å². The smallest absolute Gasteiger partial charge is 0.199 e. The number of ether oxygens (including phenoxy) is 4. The highest BCUT2D eigenvalue weighted by Crippen LogP contribution is 2.89. The van der Waals surface area contributed by atoms with Crippen LogP contribution in [0.4, 0.5) is 0 Å². The minimum Gasteiger partial charge on any atom is -0.388 e. The maximum Gasteiger partial charge on any atom is 0.199 e. The number of fused-ring (bicyclic) bond motifs is 4. The molecule has 3 heterocycles. The molecular formula is C35H54O9. The van der Waals surface area contributed by atoms with E-state index in [1.54, 1.807) is 13.8 Å². The molecule has 9 nitrogen and oxygen atoms in total. The summed E-state index contributed by atoms with van der Waals surface area (Å²) < 4.78 is 25.7. The molecule has 3 aliphatic heterocycles. The largest absolute Gasteiger partial charge is 0.388 e. The van der Waals surface area contributed by atoms with Crippen LogP contribution in [0, 0.1) is 44.8 Å². The van der Waals surface area contributed by atoms with Gasteiger partial charge in [0.15, 0.2) is 12.1 Å². The molecule has 7 fully saturated rings. The summed E-state index contributed by atoms with van der Waals surface area (Å²) in [4.78, 5) is 0. The van der Waals surface area contributed by atoms with E-state index in [0.29, 0.717) is 11.8 Å². The SMILES string of the molecule is C[C@H]1C[C@@H]2O[C@@]3(O[C@H]2C(C)(C)O)[C@@H]1[C@]1(C)CC[C@@]24C[C@@]25CC[C@H](O[C@@H]2OC[C@@H](O)[C@H](O)[C@H]2O)C(C)(C)[C@@H]5CC=C4[C@]1(C)[C@@H]3O. The van der Waals surface area contributed by atoms with Gasteiger partial charge in [-0.25, -0.2) is 0 Å². The first-order valence-electron chi connectivity index (χ1n) is 17.2. The second kappa shape index (κ2) is 8.88. The summed E-state index contributed by atoms with van der Waals surface area (Å²) in [5, 5.41) is 54.4. The first-order chi connectivity index (χ1) is 20.4. The summed E-state index contributed by atoms with van der Waals surface area (Å²) in [6.07, 6.45) is 2.81. The van der Waals surface area contributed by atoms with E-state index >= 15 is 0 Å². The maximum absolute atomic E-state index is 12.6. The van der Waals surface area contributed by atoms with Crippen molar-refractivity contribution in [1.82, 2.24) is 0 Å². The first-order valence-corrected chi connectivity index (χ1v) is 17.2. The molecule has 3 saturated heterocycles. The lowest BCUT2D eigenvalue weighted by molar-refractivity contribution is -0.300. The van der Waals surface area contributed by atoms with Crippen molar-refractivity contribution in [3.8, 4) is 0 Å². The molecule has 16 atom stereocenters. The monoisotopic (exact) mass is 618 g/mol. The van der Waals surface area contributed by atoms with Gasteiger partial charge in [0.1, 0.15) is 30.5 Å². The molecule has 248 valence electrons. The predicted molar refractivity (Wildman–Crippen MR) is 159 cm³/mol. The van der Waals surface area contributed by atoms with E-state index in [1.807, 2.05) is 0 Å². The molecule has 8 rings (SSSR count). The number of rotatable bonds is 3. The van der Waals surface area contributed by atoms with E-state index in [-0.39, 0.29) is 46.4 Å². The van der Waals surface area contributed by atoms with Crippen LogP contribution in [0.5, 0.6) is 0 Å². The Labute approximate surface area is 261 Å². The average molecular weight is 619 g/mol. The lowest BCUT2D eigenvalue weighted by atomic mass is 9.44. The Bertz CT molecular complexity index is 1260. The Morgan fingerprint density at radius 1 is 0.977 bits per heavy atom. The molecule has 5 N–H and O–H groups in total. The van der Waals surface area contributed by atoms with Crippen LogP contribution in [0.25, 0.3) is 0 Å². The van der Waals surface area contributed by atoms with Gasteiger partial charge >= 0.3 is 0 Å². The molecule has 44 heavy (non-hydrogen) atoms. The molecule has 0 amide bonds. The molecule has 2 bridgehead atoms. The maximum atomic E-state index is 12.6. The quantitative estimate of drug-likeness (QED) is 0.302. The molecule has 5 aliphatic carbocycles. The lowest BCUT2D eigenvalue weighted by Gasteiger charge is -2.60. The molecule has 0 unspecified atom stereocenters. The van der Waals surface area contributed by atoms with E-state index in [9.17, 15) is 25.5 Å². The highest BCUT2D eigenvalue weighted by atomic mass is 16.8. The van der Waals surface area contributed by atoms with Crippen molar-refractivity contribution in [2.75, 3.05) is 6.61 Å². The van der Waals surface area contributed by atoms with Gasteiger partial charge in [-0.2, -0.15) is 0 Å². The Balaban J connectivity index is 1.13. The van der Waals surface area contributed by atoms with Crippen molar-refractivity contribution in [1.29, 1.82) is 0 Å². The van der Waals surface area contributed by atoms with Crippen LogP contribution in [0.1, 0.15) is 93.4 Å². The fourth-order valence-electron chi connectivity index (χ4n) is 13.1. The van der Waals surface area contributed by atoms with Crippen molar-refractivity contribution in [2.45, 2.75) is 154 Å². The Kier molecular flexibility index (Phi) is 6.20. The van der Waals surface area contributed by atoms with E-state index in [1.165, 1.54) is 5.57 Å². The van der Waals surface area contributed by atoms with Gasteiger partial charge in [-0.1, -0.05) is 46.3 Å². The zero-order chi connectivity index (χ0) is 31.6. The Morgan fingerprint density at radius 3 is 2.41 bits per heavy atom. The third-order valence-electron chi connectivity index (χ3n) is 15.2. The third kappa shape index (κ3) is 3.33. The molecular weight excluding hydrogens is 564 g/mol. The van der Waals surface area contributed by atoms with Crippen LogP contribution in [0.3, 0.4) is 0 Å². The standard InChI is InChI=1S/C35H54O9/c1-17-14-19-26(30(4,5)40)44-35(43-19)25(17)31(6)12-13-34-16-33(34)11-10-22(42-27-24(38)23(37)18(36)15-41-27)29(2,3)20(33)8-9-21(34)32(31,7)28(35)39/h9,17-20,22-28,36-40H,8,10-16H2,1-7H3/t17-,18+,19-,20-,22-,23-,24+,25-,26+,27-,28-,31-,32+,33+,34-,35+/m0/s1. The van der Waals surface area contributed by atoms with Gasteiger partial charge in [-0.15, -0.1) is 0 Å². The van der Waals surface area contributed by atoms with Gasteiger partial charge in [0.2, 0.25) is 0 Å². The summed E-state index contributed by atoms with van der Waals surface area (Å²) in [5.74, 6) is -0.431. The summed E-state index contributed by atoms with van der Waals surface area (Å²) in [6, 6.07) is 0. The topological polar surface area (TPSA) is 138 Å². The Morgan fingerprint density at radius 2 is 1.70 bits per heavy atom. The van der Waals surface area contributed by atoms with E-state index in [0.717, 1.165) is 44.9 Å². The number of allylic oxidation sites excluding steroid dienone is 1. The van der Waals surface area contributed by atoms with Gasteiger partial charge in [0.25, 0.3) is 0 Å². The fraction of sp³-hybridized carbons (Fsp3) is 0.943. The minimum absolute atomic E-state index is 0.0234. The van der Waals surface area contributed by atoms with Crippen molar-refractivity contribution < 1.29 is 44.5 Å². The average Bonchev–Trinajstić information content (AvgIpc) is 3.45. The predicted octanol–water partition coefficient (Wildman–Crippen LogP) is 3.04. The molecule has 8 aliphatic rings. The highest BCUT2D eigenvalue weighted by Gasteiger charge is 2.86. The number of aliphatic hydroxyl groups is 5. The van der Waals surface area contributed by atoms with Crippen molar-refractivity contribution in [3.05, 3.63) is 11.6 Å². The summed E-state index contributed by atoms with van der Waals surface area (Å²) >= 11 is 0. The van der Waals surface area contributed by atoms with Crippen molar-refractivity contribution in [2.24, 2.45) is 44.8 Å². The number of hydrogen-bond acceptors (Lipinski definition) is 9. The second-order valence-corrected chi connectivity index (χ2v) is 17.8. The van der Waals surface area contributed by atoms with Crippen molar-refractivity contribution >= 4 is 0 Å². The molecule has 0 radical (unpaired) electrons. The molecule has 9 heteroatoms. The molecule has 0 aromatic carbocycles. The van der Waals surface area contributed by atoms with Gasteiger partial charge in [0, 0.05) is 11.3 Å². The lowest BCUT2D eigenvalue weighted by Crippen LogP contribution is -2.58. The summed E-state index contributed by atoms with van der Waals surface area (Å²) in [5.41, 5.74) is -0.456. The highest BCUT2D eigenvalue weighted by molar-refractivity contribution is 5.48.